The normalized spacial score (nSPS) is 5.40. The van der Waals surface area contributed by atoms with Gasteiger partial charge in [0.25, 0.3) is 0 Å². The number of carboxylic acids is 2. The van der Waals surface area contributed by atoms with Crippen molar-refractivity contribution in [2.24, 2.45) is 0 Å². The van der Waals surface area contributed by atoms with Crippen molar-refractivity contribution in [3.8, 4) is 0 Å². The zero-order chi connectivity index (χ0) is 7.86. The van der Waals surface area contributed by atoms with Gasteiger partial charge in [0.1, 0.15) is 0 Å². The van der Waals surface area contributed by atoms with E-state index < -0.39 is 42.8 Å². The maximum absolute atomic E-state index is 9.10. The van der Waals surface area contributed by atoms with Crippen LogP contribution in [0.4, 0.5) is 0 Å². The molecule has 0 heterocycles. The van der Waals surface area contributed by atoms with Crippen LogP contribution in [0.5, 0.6) is 0 Å². The third kappa shape index (κ3) is 23.3. The SMILES string of the molecule is N.O=C(O)C(=O)O.[Cl][Ca][Cl]. The van der Waals surface area contributed by atoms with E-state index in [4.69, 9.17) is 32.6 Å². The van der Waals surface area contributed by atoms with E-state index in [9.17, 15) is 0 Å². The second-order valence-corrected chi connectivity index (χ2v) is 4.36. The van der Waals surface area contributed by atoms with Crippen molar-refractivity contribution in [2.45, 2.75) is 0 Å². The predicted molar refractivity (Wildman–Crippen MR) is 37.8 cm³/mol. The molecule has 10 heavy (non-hydrogen) atoms. The first-order valence-electron chi connectivity index (χ1n) is 1.64. The summed E-state index contributed by atoms with van der Waals surface area (Å²) in [5.74, 6) is -3.65. The molecule has 0 bridgehead atoms. The van der Waals surface area contributed by atoms with E-state index in [0.29, 0.717) is 0 Å². The van der Waals surface area contributed by atoms with Gasteiger partial charge in [0, 0.05) is 0 Å². The van der Waals surface area contributed by atoms with Crippen molar-refractivity contribution in [3.05, 3.63) is 0 Å². The Morgan fingerprint density at radius 3 is 1.20 bits per heavy atom. The summed E-state index contributed by atoms with van der Waals surface area (Å²) in [7, 11) is 0. The van der Waals surface area contributed by atoms with Crippen molar-refractivity contribution < 1.29 is 19.8 Å². The molecule has 0 atom stereocenters. The van der Waals surface area contributed by atoms with Crippen LogP contribution in [0.25, 0.3) is 0 Å². The monoisotopic (exact) mass is 217 g/mol. The van der Waals surface area contributed by atoms with Crippen LogP contribution in [0.2, 0.25) is 0 Å². The number of hydrogen-bond acceptors (Lipinski definition) is 3. The summed E-state index contributed by atoms with van der Waals surface area (Å²) in [6.07, 6.45) is 9.90. The Bertz CT molecular complexity index is 97.4. The molecule has 0 saturated heterocycles. The molecule has 5 nitrogen and oxygen atoms in total. The molecule has 0 rings (SSSR count). The first kappa shape index (κ1) is 17.0. The zero-order valence-corrected chi connectivity index (χ0v) is 8.60. The second-order valence-electron chi connectivity index (χ2n) is 0.711. The van der Waals surface area contributed by atoms with Crippen molar-refractivity contribution in [3.63, 3.8) is 0 Å². The summed E-state index contributed by atoms with van der Waals surface area (Å²) in [6.45, 7) is 0. The topological polar surface area (TPSA) is 110 Å². The van der Waals surface area contributed by atoms with E-state index in [1.807, 2.05) is 0 Å². The summed E-state index contributed by atoms with van der Waals surface area (Å²) in [5.41, 5.74) is 0. The molecule has 0 aliphatic rings. The maximum atomic E-state index is 9.10. The summed E-state index contributed by atoms with van der Waals surface area (Å²) < 4.78 is 0. The van der Waals surface area contributed by atoms with E-state index in [1.54, 1.807) is 0 Å². The third-order valence-corrected chi connectivity index (χ3v) is 0.183. The van der Waals surface area contributed by atoms with Crippen LogP contribution in [-0.2, 0) is 9.59 Å². The number of halogens is 2. The summed E-state index contributed by atoms with van der Waals surface area (Å²) in [4.78, 5) is 18.2. The van der Waals surface area contributed by atoms with Gasteiger partial charge in [0.15, 0.2) is 0 Å². The van der Waals surface area contributed by atoms with Gasteiger partial charge in [0.2, 0.25) is 0 Å². The molecule has 8 heteroatoms. The molecule has 0 saturated carbocycles. The van der Waals surface area contributed by atoms with Gasteiger partial charge in [0.05, 0.1) is 0 Å². The average Bonchev–Trinajstić information content (AvgIpc) is 1.68. The fraction of sp³-hybridized carbons (Fsp3) is 0. The van der Waals surface area contributed by atoms with Gasteiger partial charge in [-0.15, -0.1) is 0 Å². The van der Waals surface area contributed by atoms with Crippen LogP contribution < -0.4 is 6.15 Å². The molecular weight excluding hydrogens is 213 g/mol. The number of rotatable bonds is 0. The fourth-order valence-electron chi connectivity index (χ4n) is 0. The Labute approximate surface area is 80.6 Å². The molecule has 58 valence electrons. The summed E-state index contributed by atoms with van der Waals surface area (Å²) in [6, 6.07) is 0. The number of hydrogen-bond donors (Lipinski definition) is 3. The van der Waals surface area contributed by atoms with Crippen LogP contribution in [0.1, 0.15) is 0 Å². The molecule has 0 aliphatic carbocycles. The van der Waals surface area contributed by atoms with Gasteiger partial charge in [-0.05, 0) is 0 Å². The first-order valence-corrected chi connectivity index (χ1v) is 7.72. The Balaban J connectivity index is -0.000000107. The van der Waals surface area contributed by atoms with Crippen molar-refractivity contribution in [1.82, 2.24) is 6.15 Å². The van der Waals surface area contributed by atoms with Gasteiger partial charge < -0.3 is 16.4 Å². The molecule has 0 radical (unpaired) electrons. The van der Waals surface area contributed by atoms with Crippen LogP contribution >= 0.6 is 12.8 Å². The van der Waals surface area contributed by atoms with Gasteiger partial charge in [-0.25, -0.2) is 9.59 Å². The van der Waals surface area contributed by atoms with Crippen molar-refractivity contribution >= 4 is 55.6 Å². The standard InChI is InChI=1S/C2H2O4.Ca.2ClH.H3N/c3-1(4)2(5)6;;;;/h(H,3,4)(H,5,6);;2*1H;1H3/q;+2;;;/p-2. The number of carbonyl (C=O) groups is 2. The molecule has 5 N–H and O–H groups in total. The summed E-state index contributed by atoms with van der Waals surface area (Å²) >= 11 is -0.931. The number of aliphatic carboxylic acids is 2. The molecular formula is C2H5CaCl2NO4. The van der Waals surface area contributed by atoms with Gasteiger partial charge in [-0.2, -0.15) is 0 Å². The Morgan fingerprint density at radius 1 is 1.10 bits per heavy atom. The predicted octanol–water partition coefficient (Wildman–Crippen LogP) is 0.316. The average molecular weight is 218 g/mol. The first-order chi connectivity index (χ1) is 4.06. The fourth-order valence-corrected chi connectivity index (χ4v) is 0. The molecule has 0 fully saturated rings. The van der Waals surface area contributed by atoms with E-state index in [2.05, 4.69) is 0 Å². The Hall–Kier alpha value is 0.740. The van der Waals surface area contributed by atoms with Gasteiger partial charge in [-0.3, -0.25) is 0 Å². The summed E-state index contributed by atoms with van der Waals surface area (Å²) in [5, 5.41) is 14.8. The minimum atomic E-state index is -1.82. The quantitative estimate of drug-likeness (QED) is 0.400. The van der Waals surface area contributed by atoms with Gasteiger partial charge in [-0.1, -0.05) is 0 Å². The van der Waals surface area contributed by atoms with Crippen molar-refractivity contribution in [2.75, 3.05) is 0 Å². The van der Waals surface area contributed by atoms with E-state index in [-0.39, 0.29) is 6.15 Å². The van der Waals surface area contributed by atoms with E-state index in [1.165, 1.54) is 0 Å². The molecule has 0 spiro atoms. The third-order valence-electron chi connectivity index (χ3n) is 0.183. The van der Waals surface area contributed by atoms with Gasteiger partial charge >= 0.3 is 55.6 Å². The minimum absolute atomic E-state index is 0. The van der Waals surface area contributed by atoms with Crippen LogP contribution in [-0.4, -0.2) is 53.0 Å². The zero-order valence-electron chi connectivity index (χ0n) is 4.88. The van der Waals surface area contributed by atoms with E-state index in [0.717, 1.165) is 0 Å². The molecule has 0 aromatic carbocycles. The Morgan fingerprint density at radius 2 is 1.20 bits per heavy atom. The molecule has 0 amide bonds. The molecule has 0 aromatic heterocycles. The van der Waals surface area contributed by atoms with Crippen LogP contribution in [0.3, 0.4) is 0 Å². The number of carboxylic acid groups (broad SMARTS) is 2. The van der Waals surface area contributed by atoms with Crippen molar-refractivity contribution in [1.29, 1.82) is 0 Å². The molecule has 0 unspecified atom stereocenters. The molecule has 0 aliphatic heterocycles. The molecule has 0 aromatic rings. The van der Waals surface area contributed by atoms with Crippen LogP contribution in [0, 0.1) is 0 Å². The van der Waals surface area contributed by atoms with E-state index >= 15 is 0 Å². The second kappa shape index (κ2) is 12.4. The van der Waals surface area contributed by atoms with Crippen LogP contribution in [0.15, 0.2) is 0 Å². The Kier molecular flexibility index (Phi) is 21.1.